The van der Waals surface area contributed by atoms with Gasteiger partial charge in [-0.25, -0.2) is 9.78 Å². The summed E-state index contributed by atoms with van der Waals surface area (Å²) in [7, 11) is -0.588. The van der Waals surface area contributed by atoms with E-state index in [0.717, 1.165) is 53.2 Å². The fourth-order valence-electron chi connectivity index (χ4n) is 5.15. The molecular formula is C32H55N7O4Si2. The molecule has 1 aliphatic heterocycles. The van der Waals surface area contributed by atoms with Gasteiger partial charge in [-0.1, -0.05) is 39.3 Å². The normalized spacial score (nSPS) is 16.4. The molecule has 1 saturated heterocycles. The monoisotopic (exact) mass is 657 g/mol. The molecule has 250 valence electrons. The molecule has 13 heteroatoms. The first kappa shape index (κ1) is 35.1. The van der Waals surface area contributed by atoms with Crippen molar-refractivity contribution in [3.63, 3.8) is 0 Å². The standard InChI is InChI=1S/C32H55N7O4Si2/c1-32(2,3)43-31(40)37-13-11-12-25(22-37)28-18-29(39-30(35-28)27(20-34-39)26-19-33-36(4)21-26)38(23-41-14-16-44(5,6)7)24-42-15-17-45(8,9)10/h18-21,25H,11-17,22-24H2,1-10H3. The van der Waals surface area contributed by atoms with Gasteiger partial charge in [0.1, 0.15) is 24.9 Å². The van der Waals surface area contributed by atoms with Gasteiger partial charge in [-0.3, -0.25) is 4.68 Å². The minimum absolute atomic E-state index is 0.0501. The number of aromatic nitrogens is 5. The van der Waals surface area contributed by atoms with Crippen LogP contribution in [-0.2, 0) is 21.3 Å². The van der Waals surface area contributed by atoms with Crippen molar-refractivity contribution >= 4 is 33.7 Å². The number of nitrogens with zero attached hydrogens (tertiary/aromatic N) is 7. The zero-order valence-electron chi connectivity index (χ0n) is 29.2. The van der Waals surface area contributed by atoms with Gasteiger partial charge in [-0.2, -0.15) is 14.7 Å². The Balaban J connectivity index is 1.71. The maximum atomic E-state index is 13.0. The summed E-state index contributed by atoms with van der Waals surface area (Å²) in [6.45, 7) is 23.3. The molecule has 45 heavy (non-hydrogen) atoms. The van der Waals surface area contributed by atoms with Crippen molar-refractivity contribution in [2.75, 3.05) is 44.7 Å². The molecule has 1 amide bonds. The molecule has 0 aliphatic carbocycles. The number of anilines is 1. The van der Waals surface area contributed by atoms with Gasteiger partial charge in [0.2, 0.25) is 0 Å². The minimum atomic E-state index is -1.25. The second-order valence-electron chi connectivity index (χ2n) is 15.7. The third kappa shape index (κ3) is 10.4. The average molecular weight is 658 g/mol. The molecule has 1 atom stereocenters. The van der Waals surface area contributed by atoms with Gasteiger partial charge < -0.3 is 24.0 Å². The van der Waals surface area contributed by atoms with E-state index in [9.17, 15) is 4.79 Å². The van der Waals surface area contributed by atoms with E-state index >= 15 is 0 Å². The number of hydrogen-bond donors (Lipinski definition) is 0. The van der Waals surface area contributed by atoms with Gasteiger partial charge in [-0.15, -0.1) is 0 Å². The number of carbonyl (C=O) groups is 1. The summed E-state index contributed by atoms with van der Waals surface area (Å²) >= 11 is 0. The van der Waals surface area contributed by atoms with Crippen LogP contribution in [0.4, 0.5) is 10.6 Å². The number of aryl methyl sites for hydroxylation is 1. The second-order valence-corrected chi connectivity index (χ2v) is 27.0. The predicted molar refractivity (Wildman–Crippen MR) is 185 cm³/mol. The van der Waals surface area contributed by atoms with Crippen LogP contribution in [0.5, 0.6) is 0 Å². The highest BCUT2D eigenvalue weighted by Gasteiger charge is 2.31. The number of likely N-dealkylation sites (tertiary alicyclic amines) is 1. The molecule has 11 nitrogen and oxygen atoms in total. The molecule has 4 heterocycles. The van der Waals surface area contributed by atoms with Crippen molar-refractivity contribution < 1.29 is 19.0 Å². The average Bonchev–Trinajstić information content (AvgIpc) is 3.55. The number of rotatable bonds is 13. The number of piperidine rings is 1. The van der Waals surface area contributed by atoms with Gasteiger partial charge >= 0.3 is 6.09 Å². The number of ether oxygens (including phenoxy) is 3. The van der Waals surface area contributed by atoms with Gasteiger partial charge in [-0.05, 0) is 45.7 Å². The summed E-state index contributed by atoms with van der Waals surface area (Å²) in [5.74, 6) is 0.912. The second kappa shape index (κ2) is 14.3. The molecule has 3 aromatic heterocycles. The topological polar surface area (TPSA) is 99.3 Å². The van der Waals surface area contributed by atoms with Gasteiger partial charge in [0, 0.05) is 78.8 Å². The Hall–Kier alpha value is -2.75. The Labute approximate surface area is 271 Å². The number of carbonyl (C=O) groups excluding carboxylic acids is 1. The quantitative estimate of drug-likeness (QED) is 0.114. The number of hydrogen-bond acceptors (Lipinski definition) is 8. The molecule has 0 aromatic carbocycles. The third-order valence-electron chi connectivity index (χ3n) is 7.79. The molecular weight excluding hydrogens is 603 g/mol. The first-order valence-corrected chi connectivity index (χ1v) is 23.7. The zero-order chi connectivity index (χ0) is 33.0. The van der Waals surface area contributed by atoms with E-state index in [4.69, 9.17) is 24.3 Å². The van der Waals surface area contributed by atoms with E-state index in [1.807, 2.05) is 55.8 Å². The smallest absolute Gasteiger partial charge is 0.410 e. The molecule has 0 spiro atoms. The predicted octanol–water partition coefficient (Wildman–Crippen LogP) is 6.68. The summed E-state index contributed by atoms with van der Waals surface area (Å²) in [5, 5.41) is 9.22. The van der Waals surface area contributed by atoms with Crippen LogP contribution in [0.3, 0.4) is 0 Å². The lowest BCUT2D eigenvalue weighted by atomic mass is 9.94. The van der Waals surface area contributed by atoms with E-state index < -0.39 is 21.7 Å². The number of fused-ring (bicyclic) bond motifs is 1. The zero-order valence-corrected chi connectivity index (χ0v) is 31.2. The lowest BCUT2D eigenvalue weighted by Crippen LogP contribution is -2.42. The molecule has 0 bridgehead atoms. The molecule has 0 radical (unpaired) electrons. The van der Waals surface area contributed by atoms with E-state index in [2.05, 4.69) is 55.3 Å². The van der Waals surface area contributed by atoms with Crippen molar-refractivity contribution in [1.82, 2.24) is 29.3 Å². The first-order chi connectivity index (χ1) is 21.0. The van der Waals surface area contributed by atoms with Crippen LogP contribution in [0, 0.1) is 0 Å². The van der Waals surface area contributed by atoms with E-state index in [-0.39, 0.29) is 12.0 Å². The van der Waals surface area contributed by atoms with Crippen LogP contribution in [0.1, 0.15) is 45.2 Å². The van der Waals surface area contributed by atoms with E-state index in [1.54, 1.807) is 4.68 Å². The van der Waals surface area contributed by atoms with Gasteiger partial charge in [0.25, 0.3) is 0 Å². The summed E-state index contributed by atoms with van der Waals surface area (Å²) < 4.78 is 22.0. The van der Waals surface area contributed by atoms with Crippen LogP contribution in [0.25, 0.3) is 16.8 Å². The van der Waals surface area contributed by atoms with Gasteiger partial charge in [0.05, 0.1) is 18.1 Å². The lowest BCUT2D eigenvalue weighted by molar-refractivity contribution is 0.0197. The van der Waals surface area contributed by atoms with Crippen LogP contribution in [0.15, 0.2) is 24.7 Å². The fourth-order valence-corrected chi connectivity index (χ4v) is 6.66. The fraction of sp³-hybridized carbons (Fsp3) is 0.688. The molecule has 4 rings (SSSR count). The molecule has 1 unspecified atom stereocenters. The van der Waals surface area contributed by atoms with Crippen molar-refractivity contribution in [3.05, 3.63) is 30.4 Å². The highest BCUT2D eigenvalue weighted by Crippen LogP contribution is 2.33. The molecule has 0 N–H and O–H groups in total. The lowest BCUT2D eigenvalue weighted by Gasteiger charge is -2.34. The van der Waals surface area contributed by atoms with E-state index in [1.165, 1.54) is 0 Å². The first-order valence-electron chi connectivity index (χ1n) is 16.3. The highest BCUT2D eigenvalue weighted by molar-refractivity contribution is 6.76. The van der Waals surface area contributed by atoms with Crippen molar-refractivity contribution in [2.45, 2.75) is 96.5 Å². The Morgan fingerprint density at radius 2 is 1.64 bits per heavy atom. The molecule has 1 aliphatic rings. The minimum Gasteiger partial charge on any atom is -0.444 e. The van der Waals surface area contributed by atoms with Crippen molar-refractivity contribution in [3.8, 4) is 11.1 Å². The molecule has 1 fully saturated rings. The van der Waals surface area contributed by atoms with E-state index in [0.29, 0.717) is 39.8 Å². The maximum Gasteiger partial charge on any atom is 0.410 e. The Morgan fingerprint density at radius 1 is 1.00 bits per heavy atom. The number of amides is 1. The summed E-state index contributed by atoms with van der Waals surface area (Å²) in [4.78, 5) is 22.2. The highest BCUT2D eigenvalue weighted by atomic mass is 28.3. The molecule has 0 saturated carbocycles. The summed E-state index contributed by atoms with van der Waals surface area (Å²) in [6.07, 6.45) is 7.21. The van der Waals surface area contributed by atoms with Crippen molar-refractivity contribution in [2.24, 2.45) is 7.05 Å². The Kier molecular flexibility index (Phi) is 11.2. The third-order valence-corrected chi connectivity index (χ3v) is 11.2. The van der Waals surface area contributed by atoms with Crippen LogP contribution in [0.2, 0.25) is 51.4 Å². The van der Waals surface area contributed by atoms with Crippen LogP contribution >= 0.6 is 0 Å². The summed E-state index contributed by atoms with van der Waals surface area (Å²) in [6, 6.07) is 4.29. The van der Waals surface area contributed by atoms with Crippen LogP contribution in [-0.4, -0.2) is 96.9 Å². The van der Waals surface area contributed by atoms with Gasteiger partial charge in [0.15, 0.2) is 5.65 Å². The van der Waals surface area contributed by atoms with Crippen LogP contribution < -0.4 is 4.90 Å². The summed E-state index contributed by atoms with van der Waals surface area (Å²) in [5.41, 5.74) is 2.98. The van der Waals surface area contributed by atoms with Crippen molar-refractivity contribution in [1.29, 1.82) is 0 Å². The molecule has 3 aromatic rings. The largest absolute Gasteiger partial charge is 0.444 e. The SMILES string of the molecule is Cn1cc(-c2cnn3c(N(COCC[Si](C)(C)C)COCC[Si](C)(C)C)cc(C4CCCN(C(=O)OC(C)(C)C)C4)nc23)cn1. The Bertz CT molecular complexity index is 1400. The Morgan fingerprint density at radius 3 is 2.20 bits per heavy atom. The maximum absolute atomic E-state index is 13.0.